The summed E-state index contributed by atoms with van der Waals surface area (Å²) in [7, 11) is 0. The van der Waals surface area contributed by atoms with Crippen LogP contribution >= 0.6 is 0 Å². The highest BCUT2D eigenvalue weighted by Gasteiger charge is 2.35. The molecule has 0 spiro atoms. The van der Waals surface area contributed by atoms with Gasteiger partial charge >= 0.3 is 0 Å². The molecule has 6 nitrogen and oxygen atoms in total. The van der Waals surface area contributed by atoms with E-state index in [9.17, 15) is 0 Å². The molecule has 2 fully saturated rings. The number of ether oxygens (including phenoxy) is 3. The fourth-order valence-corrected chi connectivity index (χ4v) is 3.70. The van der Waals surface area contributed by atoms with Gasteiger partial charge in [-0.05, 0) is 19.9 Å². The third-order valence-corrected chi connectivity index (χ3v) is 5.17. The first-order valence-corrected chi connectivity index (χ1v) is 9.80. The minimum Gasteiger partial charge on any atom is -0.375 e. The number of aromatic nitrogens is 1. The van der Waals surface area contributed by atoms with Crippen LogP contribution < -0.4 is 4.90 Å². The van der Waals surface area contributed by atoms with E-state index < -0.39 is 17.9 Å². The predicted molar refractivity (Wildman–Crippen MR) is 103 cm³/mol. The van der Waals surface area contributed by atoms with Crippen LogP contribution in [0.25, 0.3) is 11.3 Å². The van der Waals surface area contributed by atoms with Gasteiger partial charge in [0.1, 0.15) is 0 Å². The van der Waals surface area contributed by atoms with Gasteiger partial charge in [-0.25, -0.2) is 8.78 Å². The highest BCUT2D eigenvalue weighted by Crippen LogP contribution is 2.41. The van der Waals surface area contributed by atoms with Crippen LogP contribution in [-0.4, -0.2) is 44.2 Å². The van der Waals surface area contributed by atoms with Gasteiger partial charge < -0.3 is 23.6 Å². The minimum absolute atomic E-state index is 0.000177. The Labute approximate surface area is 168 Å². The summed E-state index contributed by atoms with van der Waals surface area (Å²) < 4.78 is 53.1. The zero-order chi connectivity index (χ0) is 20.8. The number of benzene rings is 1. The molecule has 0 amide bonds. The number of hydrogen-bond donors (Lipinski definition) is 0. The molecule has 0 radical (unpaired) electrons. The van der Waals surface area contributed by atoms with E-state index in [2.05, 4.69) is 5.16 Å². The molecule has 0 saturated carbocycles. The van der Waals surface area contributed by atoms with E-state index in [-0.39, 0.29) is 28.5 Å². The molecule has 1 aromatic heterocycles. The molecule has 158 valence electrons. The summed E-state index contributed by atoms with van der Waals surface area (Å²) >= 11 is 0. The molecule has 3 heterocycles. The normalized spacial score (nSPS) is 22.8. The van der Waals surface area contributed by atoms with Gasteiger partial charge in [0.15, 0.2) is 23.7 Å². The monoisotopic (exact) mass is 408 g/mol. The maximum absolute atomic E-state index is 15.4. The van der Waals surface area contributed by atoms with Gasteiger partial charge in [-0.2, -0.15) is 0 Å². The van der Waals surface area contributed by atoms with E-state index in [1.54, 1.807) is 24.0 Å². The maximum Gasteiger partial charge on any atom is 0.185 e. The van der Waals surface area contributed by atoms with Gasteiger partial charge in [-0.1, -0.05) is 19.0 Å². The Morgan fingerprint density at radius 2 is 1.83 bits per heavy atom. The largest absolute Gasteiger partial charge is 0.375 e. The summed E-state index contributed by atoms with van der Waals surface area (Å²) in [6.45, 7) is 9.92. The molecule has 0 aliphatic carbocycles. The smallest absolute Gasteiger partial charge is 0.185 e. The summed E-state index contributed by atoms with van der Waals surface area (Å²) in [5.41, 5.74) is 1.03. The second-order valence-electron chi connectivity index (χ2n) is 8.57. The van der Waals surface area contributed by atoms with Crippen LogP contribution in [-0.2, 0) is 14.2 Å². The molecular weight excluding hydrogens is 382 g/mol. The van der Waals surface area contributed by atoms with Crippen molar-refractivity contribution in [3.63, 3.8) is 0 Å². The number of hydrogen-bond acceptors (Lipinski definition) is 6. The van der Waals surface area contributed by atoms with E-state index in [4.69, 9.17) is 18.7 Å². The van der Waals surface area contributed by atoms with Crippen LogP contribution in [0.2, 0.25) is 0 Å². The Kier molecular flexibility index (Phi) is 5.35. The molecule has 2 aromatic rings. The lowest BCUT2D eigenvalue weighted by molar-refractivity contribution is -0.226. The van der Waals surface area contributed by atoms with Crippen molar-refractivity contribution in [3.8, 4) is 11.3 Å². The zero-order valence-electron chi connectivity index (χ0n) is 17.1. The Morgan fingerprint density at radius 3 is 2.45 bits per heavy atom. The highest BCUT2D eigenvalue weighted by molar-refractivity contribution is 5.68. The molecule has 0 bridgehead atoms. The highest BCUT2D eigenvalue weighted by atomic mass is 19.2. The number of anilines is 1. The Balaban J connectivity index is 1.81. The quantitative estimate of drug-likeness (QED) is 0.758. The first-order valence-electron chi connectivity index (χ1n) is 9.80. The zero-order valence-corrected chi connectivity index (χ0v) is 17.1. The van der Waals surface area contributed by atoms with Gasteiger partial charge in [0.2, 0.25) is 0 Å². The molecule has 1 unspecified atom stereocenters. The average molecular weight is 408 g/mol. The second kappa shape index (κ2) is 7.66. The molecule has 2 aliphatic rings. The molecule has 4 rings (SSSR count). The fraction of sp³-hybridized carbons (Fsp3) is 0.571. The Morgan fingerprint density at radius 1 is 1.10 bits per heavy atom. The van der Waals surface area contributed by atoms with Crippen LogP contribution in [0.1, 0.15) is 38.3 Å². The van der Waals surface area contributed by atoms with Crippen molar-refractivity contribution in [1.82, 2.24) is 5.16 Å². The van der Waals surface area contributed by atoms with E-state index in [0.29, 0.717) is 44.2 Å². The molecule has 1 atom stereocenters. The van der Waals surface area contributed by atoms with Crippen molar-refractivity contribution in [2.45, 2.75) is 40.1 Å². The molecule has 2 aliphatic heterocycles. The molecule has 8 heteroatoms. The fourth-order valence-electron chi connectivity index (χ4n) is 3.70. The van der Waals surface area contributed by atoms with Crippen molar-refractivity contribution in [3.05, 3.63) is 35.0 Å². The molecule has 29 heavy (non-hydrogen) atoms. The molecule has 1 aromatic carbocycles. The summed E-state index contributed by atoms with van der Waals surface area (Å²) in [5.74, 6) is -1.76. The second-order valence-corrected chi connectivity index (χ2v) is 8.57. The van der Waals surface area contributed by atoms with Gasteiger partial charge in [0, 0.05) is 30.1 Å². The topological polar surface area (TPSA) is 57.0 Å². The van der Waals surface area contributed by atoms with E-state index >= 15 is 8.78 Å². The number of aryl methyl sites for hydroxylation is 1. The first kappa shape index (κ1) is 20.3. The summed E-state index contributed by atoms with van der Waals surface area (Å²) in [6, 6.07) is 3.13. The van der Waals surface area contributed by atoms with Gasteiger partial charge in [0.25, 0.3) is 0 Å². The minimum atomic E-state index is -0.977. The third-order valence-electron chi connectivity index (χ3n) is 5.17. The van der Waals surface area contributed by atoms with Gasteiger partial charge in [0.05, 0.1) is 42.9 Å². The number of morpholine rings is 1. The van der Waals surface area contributed by atoms with Crippen molar-refractivity contribution in [2.24, 2.45) is 5.41 Å². The van der Waals surface area contributed by atoms with E-state index in [1.807, 2.05) is 20.8 Å². The third kappa shape index (κ3) is 4.01. The van der Waals surface area contributed by atoms with Gasteiger partial charge in [-0.15, -0.1) is 0 Å². The lowest BCUT2D eigenvalue weighted by Crippen LogP contribution is -2.43. The van der Waals surface area contributed by atoms with Crippen molar-refractivity contribution in [2.75, 3.05) is 37.8 Å². The van der Waals surface area contributed by atoms with Gasteiger partial charge in [-0.3, -0.25) is 0 Å². The van der Waals surface area contributed by atoms with Crippen LogP contribution in [0.4, 0.5) is 14.5 Å². The predicted octanol–water partition coefficient (Wildman–Crippen LogP) is 4.22. The lowest BCUT2D eigenvalue weighted by atomic mass is 9.95. The lowest BCUT2D eigenvalue weighted by Gasteiger charge is -2.38. The molecule has 2 saturated heterocycles. The molecule has 0 N–H and O–H groups in total. The Bertz CT molecular complexity index is 889. The standard InChI is InChI=1S/C21H26F2N2O4/c1-12-7-16(29-24-12)14-8-15(20-27-10-21(3,4)11-28-20)19(18(23)17(14)22)25-5-6-26-13(2)9-25/h7-8,13,20H,5-6,9-11H2,1-4H3. The van der Waals surface area contributed by atoms with Crippen molar-refractivity contribution in [1.29, 1.82) is 0 Å². The van der Waals surface area contributed by atoms with Crippen LogP contribution in [0.15, 0.2) is 16.7 Å². The van der Waals surface area contributed by atoms with E-state index in [0.717, 1.165) is 0 Å². The Hall–Kier alpha value is -2.03. The van der Waals surface area contributed by atoms with Crippen molar-refractivity contribution >= 4 is 5.69 Å². The van der Waals surface area contributed by atoms with Crippen LogP contribution in [0.3, 0.4) is 0 Å². The number of halogens is 2. The van der Waals surface area contributed by atoms with Crippen LogP contribution in [0, 0.1) is 24.0 Å². The number of nitrogens with zero attached hydrogens (tertiary/aromatic N) is 2. The summed E-state index contributed by atoms with van der Waals surface area (Å²) in [6.07, 6.45) is -0.892. The summed E-state index contributed by atoms with van der Waals surface area (Å²) in [5, 5.41) is 3.79. The number of rotatable bonds is 3. The first-order chi connectivity index (χ1) is 13.7. The van der Waals surface area contributed by atoms with E-state index in [1.165, 1.54) is 0 Å². The maximum atomic E-state index is 15.4. The summed E-state index contributed by atoms with van der Waals surface area (Å²) in [4.78, 5) is 1.80. The van der Waals surface area contributed by atoms with Crippen LogP contribution in [0.5, 0.6) is 0 Å². The van der Waals surface area contributed by atoms with Crippen molar-refractivity contribution < 1.29 is 27.5 Å². The average Bonchev–Trinajstić information content (AvgIpc) is 3.10. The SMILES string of the molecule is Cc1cc(-c2cc(C3OCC(C)(C)CO3)c(N3CCOC(C)C3)c(F)c2F)on1. The molecular formula is C21H26F2N2O4.